The van der Waals surface area contributed by atoms with Crippen LogP contribution in [0, 0.1) is 0 Å². The fourth-order valence-electron chi connectivity index (χ4n) is 1.31. The Morgan fingerprint density at radius 2 is 1.90 bits per heavy atom. The topological polar surface area (TPSA) is 51.2 Å². The Balaban J connectivity index is 0.000000922. The van der Waals surface area contributed by atoms with Crippen molar-refractivity contribution >= 4 is 11.8 Å². The summed E-state index contributed by atoms with van der Waals surface area (Å²) in [6.45, 7) is 4.51. The van der Waals surface area contributed by atoms with E-state index in [4.69, 9.17) is 4.74 Å². The second-order valence-corrected chi connectivity index (χ2v) is 4.14. The SMILES string of the molecule is CCC.O=C(Nc1cccnc1)OCc1ccccc1.[HH]. The monoisotopic (exact) mass is 274 g/mol. The van der Waals surface area contributed by atoms with Crippen LogP contribution in [0.25, 0.3) is 0 Å². The number of pyridine rings is 1. The highest BCUT2D eigenvalue weighted by Gasteiger charge is 2.02. The Bertz CT molecular complexity index is 492. The fraction of sp³-hybridized carbons (Fsp3) is 0.250. The van der Waals surface area contributed by atoms with E-state index in [9.17, 15) is 4.79 Å². The van der Waals surface area contributed by atoms with E-state index in [0.29, 0.717) is 5.69 Å². The van der Waals surface area contributed by atoms with E-state index in [0.717, 1.165) is 5.56 Å². The van der Waals surface area contributed by atoms with Crippen LogP contribution in [0.5, 0.6) is 0 Å². The van der Waals surface area contributed by atoms with Crippen LogP contribution in [0.1, 0.15) is 27.3 Å². The molecule has 20 heavy (non-hydrogen) atoms. The van der Waals surface area contributed by atoms with Gasteiger partial charge in [0, 0.05) is 7.62 Å². The lowest BCUT2D eigenvalue weighted by Gasteiger charge is -2.06. The van der Waals surface area contributed by atoms with Crippen LogP contribution >= 0.6 is 0 Å². The molecule has 0 saturated heterocycles. The summed E-state index contributed by atoms with van der Waals surface area (Å²) in [5, 5.41) is 2.59. The van der Waals surface area contributed by atoms with Crippen molar-refractivity contribution in [3.8, 4) is 0 Å². The molecule has 0 radical (unpaired) electrons. The lowest BCUT2D eigenvalue weighted by Crippen LogP contribution is -2.13. The van der Waals surface area contributed by atoms with E-state index in [-0.39, 0.29) is 8.03 Å². The van der Waals surface area contributed by atoms with Crippen molar-refractivity contribution in [3.05, 3.63) is 60.4 Å². The van der Waals surface area contributed by atoms with E-state index < -0.39 is 6.09 Å². The molecular formula is C16H22N2O2. The Morgan fingerprint density at radius 1 is 1.20 bits per heavy atom. The van der Waals surface area contributed by atoms with Gasteiger partial charge in [0.1, 0.15) is 6.61 Å². The molecule has 2 rings (SSSR count). The minimum atomic E-state index is -0.484. The molecule has 1 aromatic heterocycles. The average Bonchev–Trinajstić information content (AvgIpc) is 2.48. The van der Waals surface area contributed by atoms with E-state index >= 15 is 0 Å². The zero-order valence-electron chi connectivity index (χ0n) is 11.9. The smallest absolute Gasteiger partial charge is 0.412 e. The molecule has 0 unspecified atom stereocenters. The first kappa shape index (κ1) is 15.7. The number of anilines is 1. The Morgan fingerprint density at radius 3 is 2.50 bits per heavy atom. The van der Waals surface area contributed by atoms with Crippen LogP contribution in [-0.2, 0) is 11.3 Å². The molecule has 4 heteroatoms. The van der Waals surface area contributed by atoms with Gasteiger partial charge in [-0.3, -0.25) is 10.3 Å². The molecule has 1 heterocycles. The number of carbonyl (C=O) groups is 1. The summed E-state index contributed by atoms with van der Waals surface area (Å²) in [6, 6.07) is 13.0. The number of benzene rings is 1. The molecule has 2 aromatic rings. The third kappa shape index (κ3) is 6.54. The van der Waals surface area contributed by atoms with Crippen molar-refractivity contribution in [2.75, 3.05) is 5.32 Å². The van der Waals surface area contributed by atoms with Crippen LogP contribution in [-0.4, -0.2) is 11.1 Å². The molecule has 0 aliphatic carbocycles. The fourth-order valence-corrected chi connectivity index (χ4v) is 1.31. The lowest BCUT2D eigenvalue weighted by molar-refractivity contribution is 0.155. The maximum atomic E-state index is 11.4. The number of amides is 1. The molecule has 4 nitrogen and oxygen atoms in total. The summed E-state index contributed by atoms with van der Waals surface area (Å²) in [7, 11) is 0. The molecule has 0 aliphatic heterocycles. The molecule has 0 spiro atoms. The van der Waals surface area contributed by atoms with Gasteiger partial charge < -0.3 is 4.74 Å². The molecule has 0 atom stereocenters. The summed E-state index contributed by atoms with van der Waals surface area (Å²) in [4.78, 5) is 15.3. The summed E-state index contributed by atoms with van der Waals surface area (Å²) in [5.74, 6) is 0. The number of hydrogen-bond donors (Lipinski definition) is 1. The number of ether oxygens (including phenoxy) is 1. The number of nitrogens with one attached hydrogen (secondary N) is 1. The van der Waals surface area contributed by atoms with Crippen molar-refractivity contribution in [1.82, 2.24) is 4.98 Å². The van der Waals surface area contributed by atoms with Gasteiger partial charge in [0.2, 0.25) is 0 Å². The Hall–Kier alpha value is -2.36. The van der Waals surface area contributed by atoms with Crippen LogP contribution in [0.3, 0.4) is 0 Å². The van der Waals surface area contributed by atoms with Gasteiger partial charge >= 0.3 is 6.09 Å². The molecule has 1 aromatic carbocycles. The van der Waals surface area contributed by atoms with Gasteiger partial charge in [0.15, 0.2) is 0 Å². The highest BCUT2D eigenvalue weighted by Crippen LogP contribution is 2.05. The van der Waals surface area contributed by atoms with Gasteiger partial charge in [-0.15, -0.1) is 0 Å². The third-order valence-corrected chi connectivity index (χ3v) is 2.12. The predicted molar refractivity (Wildman–Crippen MR) is 82.6 cm³/mol. The summed E-state index contributed by atoms with van der Waals surface area (Å²) in [6.07, 6.45) is 3.96. The van der Waals surface area contributed by atoms with Crippen LogP contribution in [0.15, 0.2) is 54.9 Å². The first-order valence-corrected chi connectivity index (χ1v) is 6.64. The molecular weight excluding hydrogens is 252 g/mol. The molecule has 1 amide bonds. The second-order valence-electron chi connectivity index (χ2n) is 4.14. The minimum absolute atomic E-state index is 0. The summed E-state index contributed by atoms with van der Waals surface area (Å²) < 4.78 is 5.05. The van der Waals surface area contributed by atoms with Crippen molar-refractivity contribution in [3.63, 3.8) is 0 Å². The minimum Gasteiger partial charge on any atom is -0.444 e. The van der Waals surface area contributed by atoms with Gasteiger partial charge in [0.05, 0.1) is 11.9 Å². The summed E-state index contributed by atoms with van der Waals surface area (Å²) >= 11 is 0. The maximum absolute atomic E-state index is 11.4. The van der Waals surface area contributed by atoms with Crippen LogP contribution in [0.4, 0.5) is 10.5 Å². The number of hydrogen-bond acceptors (Lipinski definition) is 3. The lowest BCUT2D eigenvalue weighted by atomic mass is 10.2. The number of aromatic nitrogens is 1. The van der Waals surface area contributed by atoms with Gasteiger partial charge in [-0.1, -0.05) is 50.6 Å². The molecule has 0 bridgehead atoms. The van der Waals surface area contributed by atoms with E-state index in [1.165, 1.54) is 6.42 Å². The zero-order chi connectivity index (χ0) is 14.6. The Labute approximate surface area is 121 Å². The first-order chi connectivity index (χ1) is 9.76. The first-order valence-electron chi connectivity index (χ1n) is 6.64. The zero-order valence-corrected chi connectivity index (χ0v) is 11.9. The molecule has 0 aliphatic rings. The Kier molecular flexibility index (Phi) is 7.50. The predicted octanol–water partition coefficient (Wildman–Crippen LogP) is 4.49. The van der Waals surface area contributed by atoms with Crippen LogP contribution < -0.4 is 5.32 Å². The average molecular weight is 274 g/mol. The van der Waals surface area contributed by atoms with Crippen molar-refractivity contribution < 1.29 is 11.0 Å². The van der Waals surface area contributed by atoms with Crippen LogP contribution in [0.2, 0.25) is 0 Å². The molecule has 1 N–H and O–H groups in total. The number of nitrogens with zero attached hydrogens (tertiary/aromatic N) is 1. The van der Waals surface area contributed by atoms with E-state index in [1.807, 2.05) is 30.3 Å². The molecule has 0 saturated carbocycles. The normalized spacial score (nSPS) is 9.10. The van der Waals surface area contributed by atoms with Gasteiger partial charge in [-0.05, 0) is 17.7 Å². The van der Waals surface area contributed by atoms with Crippen molar-refractivity contribution in [1.29, 1.82) is 0 Å². The molecule has 0 fully saturated rings. The molecule has 108 valence electrons. The second kappa shape index (κ2) is 9.55. The van der Waals surface area contributed by atoms with E-state index in [1.54, 1.807) is 24.5 Å². The van der Waals surface area contributed by atoms with Crippen molar-refractivity contribution in [2.45, 2.75) is 26.9 Å². The standard InChI is InChI=1S/C13H12N2O2.C3H8.H2/c16-13(15-12-7-4-8-14-9-12)17-10-11-5-2-1-3-6-11;1-3-2;/h1-9H,10H2,(H,15,16);3H2,1-2H3;1H. The quantitative estimate of drug-likeness (QED) is 0.897. The highest BCUT2D eigenvalue weighted by molar-refractivity contribution is 5.84. The summed E-state index contributed by atoms with van der Waals surface area (Å²) in [5.41, 5.74) is 1.57. The maximum Gasteiger partial charge on any atom is 0.412 e. The van der Waals surface area contributed by atoms with Gasteiger partial charge in [0.25, 0.3) is 0 Å². The van der Waals surface area contributed by atoms with Gasteiger partial charge in [-0.2, -0.15) is 0 Å². The third-order valence-electron chi connectivity index (χ3n) is 2.12. The number of carbonyl (C=O) groups excluding carboxylic acids is 1. The number of rotatable bonds is 3. The van der Waals surface area contributed by atoms with E-state index in [2.05, 4.69) is 24.1 Å². The van der Waals surface area contributed by atoms with Gasteiger partial charge in [-0.25, -0.2) is 4.79 Å². The largest absolute Gasteiger partial charge is 0.444 e. The van der Waals surface area contributed by atoms with Crippen molar-refractivity contribution in [2.24, 2.45) is 0 Å². The highest BCUT2D eigenvalue weighted by atomic mass is 16.5.